The van der Waals surface area contributed by atoms with Gasteiger partial charge in [0.2, 0.25) is 5.09 Å². The van der Waals surface area contributed by atoms with Crippen molar-refractivity contribution in [3.63, 3.8) is 0 Å². The van der Waals surface area contributed by atoms with Gasteiger partial charge in [-0.3, -0.25) is 0 Å². The van der Waals surface area contributed by atoms with Crippen LogP contribution in [0.5, 0.6) is 0 Å². The molecular weight excluding hydrogens is 288 g/mol. The van der Waals surface area contributed by atoms with Crippen molar-refractivity contribution in [2.24, 2.45) is 16.5 Å². The Hall–Kier alpha value is -0.850. The Morgan fingerprint density at radius 1 is 1.33 bits per heavy atom. The second kappa shape index (κ2) is 6.50. The molecule has 5 nitrogen and oxygen atoms in total. The zero-order chi connectivity index (χ0) is 15.5. The Labute approximate surface area is 127 Å². The first kappa shape index (κ1) is 16.5. The van der Waals surface area contributed by atoms with Gasteiger partial charge in [-0.05, 0) is 42.7 Å². The molecule has 2 rings (SSSR count). The summed E-state index contributed by atoms with van der Waals surface area (Å²) in [4.78, 5) is 0. The van der Waals surface area contributed by atoms with Crippen LogP contribution in [-0.4, -0.2) is 15.0 Å². The molecule has 1 aromatic rings. The van der Waals surface area contributed by atoms with E-state index in [0.717, 1.165) is 6.54 Å². The second-order valence-electron chi connectivity index (χ2n) is 6.67. The Morgan fingerprint density at radius 2 is 2.00 bits per heavy atom. The molecule has 1 heterocycles. The maximum Gasteiger partial charge on any atom is 0.271 e. The van der Waals surface area contributed by atoms with Gasteiger partial charge in [0.05, 0.1) is 6.54 Å². The molecule has 0 unspecified atom stereocenters. The van der Waals surface area contributed by atoms with Gasteiger partial charge in [-0.15, -0.1) is 0 Å². The summed E-state index contributed by atoms with van der Waals surface area (Å²) in [6.07, 6.45) is 6.41. The van der Waals surface area contributed by atoms with E-state index in [1.54, 1.807) is 6.07 Å². The zero-order valence-electron chi connectivity index (χ0n) is 12.9. The van der Waals surface area contributed by atoms with Crippen molar-refractivity contribution in [3.8, 4) is 0 Å². The third kappa shape index (κ3) is 4.56. The largest absolute Gasteiger partial charge is 0.447 e. The van der Waals surface area contributed by atoms with E-state index in [4.69, 9.17) is 9.56 Å². The lowest BCUT2D eigenvalue weighted by molar-refractivity contribution is 0.220. The van der Waals surface area contributed by atoms with Crippen molar-refractivity contribution in [3.05, 3.63) is 17.9 Å². The smallest absolute Gasteiger partial charge is 0.271 e. The van der Waals surface area contributed by atoms with Crippen molar-refractivity contribution < 1.29 is 12.8 Å². The number of primary sulfonamides is 1. The van der Waals surface area contributed by atoms with Crippen molar-refractivity contribution >= 4 is 10.0 Å². The zero-order valence-corrected chi connectivity index (χ0v) is 13.7. The highest BCUT2D eigenvalue weighted by atomic mass is 32.2. The minimum Gasteiger partial charge on any atom is -0.447 e. The van der Waals surface area contributed by atoms with Crippen molar-refractivity contribution in [2.75, 3.05) is 6.54 Å². The van der Waals surface area contributed by atoms with Crippen LogP contribution in [0.4, 0.5) is 0 Å². The standard InChI is InChI=1S/C15H26N2O3S/c1-12(2)9-15(7-3-4-8-15)11-17-10-13-5-6-14(20-13)21(16,18)19/h5-6,12,17H,3-4,7-11H2,1-2H3,(H2,16,18,19). The second-order valence-corrected chi connectivity index (χ2v) is 8.17. The minimum absolute atomic E-state index is 0.169. The number of furan rings is 1. The summed E-state index contributed by atoms with van der Waals surface area (Å²) in [6.45, 7) is 6.03. The van der Waals surface area contributed by atoms with Crippen molar-refractivity contribution in [1.29, 1.82) is 0 Å². The van der Waals surface area contributed by atoms with Gasteiger partial charge in [0.25, 0.3) is 10.0 Å². The fourth-order valence-corrected chi connectivity index (χ4v) is 3.98. The van der Waals surface area contributed by atoms with Crippen LogP contribution in [0.3, 0.4) is 0 Å². The number of nitrogens with one attached hydrogen (secondary N) is 1. The molecule has 6 heteroatoms. The molecule has 1 aliphatic carbocycles. The molecule has 21 heavy (non-hydrogen) atoms. The van der Waals surface area contributed by atoms with Crippen LogP contribution in [-0.2, 0) is 16.6 Å². The fourth-order valence-electron chi connectivity index (χ4n) is 3.50. The molecule has 1 aromatic heterocycles. The lowest BCUT2D eigenvalue weighted by Gasteiger charge is -2.31. The topological polar surface area (TPSA) is 85.3 Å². The van der Waals surface area contributed by atoms with Gasteiger partial charge in [-0.1, -0.05) is 26.7 Å². The third-order valence-electron chi connectivity index (χ3n) is 4.22. The molecule has 1 saturated carbocycles. The molecule has 3 N–H and O–H groups in total. The van der Waals surface area contributed by atoms with Crippen LogP contribution in [0.2, 0.25) is 0 Å². The van der Waals surface area contributed by atoms with E-state index in [1.807, 2.05) is 0 Å². The number of rotatable bonds is 7. The van der Waals surface area contributed by atoms with Gasteiger partial charge in [0.15, 0.2) is 0 Å². The first-order chi connectivity index (χ1) is 9.81. The molecule has 0 amide bonds. The van der Waals surface area contributed by atoms with Gasteiger partial charge < -0.3 is 9.73 Å². The lowest BCUT2D eigenvalue weighted by atomic mass is 9.78. The summed E-state index contributed by atoms with van der Waals surface area (Å²) in [5.74, 6) is 1.30. The summed E-state index contributed by atoms with van der Waals surface area (Å²) in [5.41, 5.74) is 0.392. The molecule has 1 fully saturated rings. The van der Waals surface area contributed by atoms with Crippen LogP contribution < -0.4 is 10.5 Å². The van der Waals surface area contributed by atoms with Gasteiger partial charge in [-0.25, -0.2) is 13.6 Å². The highest BCUT2D eigenvalue weighted by Gasteiger charge is 2.33. The lowest BCUT2D eigenvalue weighted by Crippen LogP contribution is -2.33. The molecule has 0 saturated heterocycles. The minimum atomic E-state index is -3.75. The summed E-state index contributed by atoms with van der Waals surface area (Å²) in [7, 11) is -3.75. The van der Waals surface area contributed by atoms with E-state index in [2.05, 4.69) is 19.2 Å². The predicted molar refractivity (Wildman–Crippen MR) is 82.1 cm³/mol. The number of sulfonamides is 1. The third-order valence-corrected chi connectivity index (χ3v) is 5.00. The van der Waals surface area contributed by atoms with Gasteiger partial charge in [-0.2, -0.15) is 0 Å². The average Bonchev–Trinajstić information content (AvgIpc) is 2.97. The van der Waals surface area contributed by atoms with Gasteiger partial charge in [0.1, 0.15) is 5.76 Å². The Bertz CT molecular complexity index is 557. The maximum absolute atomic E-state index is 11.2. The monoisotopic (exact) mass is 314 g/mol. The molecular formula is C15H26N2O3S. The summed E-state index contributed by atoms with van der Waals surface area (Å²) in [6, 6.07) is 3.07. The average molecular weight is 314 g/mol. The van der Waals surface area contributed by atoms with Crippen LogP contribution >= 0.6 is 0 Å². The molecule has 0 radical (unpaired) electrons. The van der Waals surface area contributed by atoms with E-state index < -0.39 is 10.0 Å². The van der Waals surface area contributed by atoms with Crippen molar-refractivity contribution in [1.82, 2.24) is 5.32 Å². The van der Waals surface area contributed by atoms with Crippen molar-refractivity contribution in [2.45, 2.75) is 57.6 Å². The normalized spacial score (nSPS) is 18.5. The van der Waals surface area contributed by atoms with E-state index in [-0.39, 0.29) is 5.09 Å². The molecule has 0 aliphatic heterocycles. The van der Waals surface area contributed by atoms with Crippen LogP contribution in [0, 0.1) is 11.3 Å². The number of hydrogen-bond donors (Lipinski definition) is 2. The summed E-state index contributed by atoms with van der Waals surface area (Å²) in [5, 5.41) is 8.29. The Balaban J connectivity index is 1.89. The Kier molecular flexibility index (Phi) is 5.11. The van der Waals surface area contributed by atoms with Gasteiger partial charge >= 0.3 is 0 Å². The van der Waals surface area contributed by atoms with Crippen LogP contribution in [0.25, 0.3) is 0 Å². The maximum atomic E-state index is 11.2. The first-order valence-corrected chi connectivity index (χ1v) is 9.18. The van der Waals surface area contributed by atoms with Crippen LogP contribution in [0.15, 0.2) is 21.6 Å². The number of nitrogens with two attached hydrogens (primary N) is 1. The van der Waals surface area contributed by atoms with E-state index in [0.29, 0.717) is 23.6 Å². The molecule has 0 bridgehead atoms. The van der Waals surface area contributed by atoms with E-state index >= 15 is 0 Å². The summed E-state index contributed by atoms with van der Waals surface area (Å²) < 4.78 is 27.6. The molecule has 0 spiro atoms. The highest BCUT2D eigenvalue weighted by Crippen LogP contribution is 2.42. The predicted octanol–water partition coefficient (Wildman–Crippen LogP) is 2.62. The molecule has 0 atom stereocenters. The van der Waals surface area contributed by atoms with Crippen LogP contribution in [0.1, 0.15) is 51.7 Å². The highest BCUT2D eigenvalue weighted by molar-refractivity contribution is 7.89. The SMILES string of the molecule is CC(C)CC1(CNCc2ccc(S(N)(=O)=O)o2)CCCC1. The summed E-state index contributed by atoms with van der Waals surface area (Å²) >= 11 is 0. The quantitative estimate of drug-likeness (QED) is 0.810. The van der Waals surface area contributed by atoms with E-state index in [1.165, 1.54) is 38.2 Å². The number of hydrogen-bond acceptors (Lipinski definition) is 4. The molecule has 1 aliphatic rings. The molecule has 0 aromatic carbocycles. The first-order valence-electron chi connectivity index (χ1n) is 7.63. The van der Waals surface area contributed by atoms with Gasteiger partial charge in [0, 0.05) is 6.54 Å². The fraction of sp³-hybridized carbons (Fsp3) is 0.733. The molecule has 120 valence electrons. The Morgan fingerprint density at radius 3 is 2.52 bits per heavy atom. The van der Waals surface area contributed by atoms with E-state index in [9.17, 15) is 8.42 Å².